The van der Waals surface area contributed by atoms with Crippen molar-refractivity contribution in [1.29, 1.82) is 0 Å². The highest BCUT2D eigenvalue weighted by molar-refractivity contribution is 7.16. The number of nitrogens with one attached hydrogen (secondary N) is 1. The van der Waals surface area contributed by atoms with Crippen LogP contribution >= 0.6 is 22.7 Å². The minimum Gasteiger partial charge on any atom is -0.503 e. The van der Waals surface area contributed by atoms with E-state index in [4.69, 9.17) is 0 Å². The summed E-state index contributed by atoms with van der Waals surface area (Å²) in [6.45, 7) is 3.57. The van der Waals surface area contributed by atoms with Crippen LogP contribution in [0.3, 0.4) is 0 Å². The molecule has 0 unspecified atom stereocenters. The second kappa shape index (κ2) is 7.97. The van der Waals surface area contributed by atoms with Gasteiger partial charge in [0.15, 0.2) is 17.4 Å². The SMILES string of the molecule is Cc1nc(CNC(=O)C2CN(C)C2)sc1-c1csc(-c2cc(F)c(O)c(F)c2F)n1. The minimum atomic E-state index is -1.65. The summed E-state index contributed by atoms with van der Waals surface area (Å²) in [6.07, 6.45) is 0. The van der Waals surface area contributed by atoms with Gasteiger partial charge in [-0.3, -0.25) is 4.79 Å². The summed E-state index contributed by atoms with van der Waals surface area (Å²) in [6, 6.07) is 0.717. The Morgan fingerprint density at radius 3 is 2.73 bits per heavy atom. The third-order valence-electron chi connectivity index (χ3n) is 4.79. The summed E-state index contributed by atoms with van der Waals surface area (Å²) in [5, 5.41) is 14.5. The molecular formula is C19H17F3N4O2S2. The van der Waals surface area contributed by atoms with Gasteiger partial charge >= 0.3 is 0 Å². The lowest BCUT2D eigenvalue weighted by Crippen LogP contribution is -2.51. The average Bonchev–Trinajstić information content (AvgIpc) is 3.31. The fourth-order valence-electron chi connectivity index (χ4n) is 3.18. The lowest BCUT2D eigenvalue weighted by atomic mass is 10.0. The maximum atomic E-state index is 14.1. The van der Waals surface area contributed by atoms with Crippen molar-refractivity contribution < 1.29 is 23.1 Å². The standard InChI is InChI=1S/C19H17F3N4O2S2/c1-8-17(30-13(24-8)4-23-18(28)9-5-26(2)6-9)12-7-29-19(25-12)10-3-11(20)16(27)15(22)14(10)21/h3,7,9,27H,4-6H2,1-2H3,(H,23,28). The van der Waals surface area contributed by atoms with Crippen LogP contribution in [0.2, 0.25) is 0 Å². The molecule has 1 aliphatic rings. The Morgan fingerprint density at radius 2 is 2.03 bits per heavy atom. The van der Waals surface area contributed by atoms with E-state index in [1.165, 1.54) is 11.3 Å². The molecule has 3 heterocycles. The average molecular weight is 454 g/mol. The number of carbonyl (C=O) groups excluding carboxylic acids is 1. The Balaban J connectivity index is 1.52. The van der Waals surface area contributed by atoms with Crippen molar-refractivity contribution in [3.8, 4) is 26.9 Å². The van der Waals surface area contributed by atoms with Crippen LogP contribution in [-0.4, -0.2) is 46.0 Å². The maximum Gasteiger partial charge on any atom is 0.226 e. The number of nitrogens with zero attached hydrogens (tertiary/aromatic N) is 3. The van der Waals surface area contributed by atoms with Gasteiger partial charge in [0, 0.05) is 18.5 Å². The van der Waals surface area contributed by atoms with Crippen LogP contribution in [0.4, 0.5) is 13.2 Å². The third-order valence-corrected chi connectivity index (χ3v) is 6.85. The van der Waals surface area contributed by atoms with Gasteiger partial charge in [-0.1, -0.05) is 0 Å². The Kier molecular flexibility index (Phi) is 5.51. The first-order chi connectivity index (χ1) is 14.2. The number of phenolic OH excluding ortho intramolecular Hbond substituents is 1. The quantitative estimate of drug-likeness (QED) is 0.577. The molecule has 2 aromatic heterocycles. The molecule has 0 atom stereocenters. The van der Waals surface area contributed by atoms with Gasteiger partial charge in [0.25, 0.3) is 0 Å². The molecule has 0 bridgehead atoms. The lowest BCUT2D eigenvalue weighted by molar-refractivity contribution is -0.129. The molecule has 0 spiro atoms. The molecule has 3 aromatic rings. The number of halogens is 3. The Morgan fingerprint density at radius 1 is 1.30 bits per heavy atom. The van der Waals surface area contributed by atoms with Gasteiger partial charge in [-0.25, -0.2) is 18.7 Å². The summed E-state index contributed by atoms with van der Waals surface area (Å²) in [4.78, 5) is 23.6. The van der Waals surface area contributed by atoms with E-state index in [-0.39, 0.29) is 22.4 Å². The summed E-state index contributed by atoms with van der Waals surface area (Å²) < 4.78 is 41.4. The van der Waals surface area contributed by atoms with E-state index in [1.54, 1.807) is 12.3 Å². The number of carbonyl (C=O) groups is 1. The zero-order chi connectivity index (χ0) is 21.6. The topological polar surface area (TPSA) is 78.4 Å². The number of likely N-dealkylation sites (tertiary alicyclic amines) is 1. The van der Waals surface area contributed by atoms with Gasteiger partial charge in [-0.2, -0.15) is 4.39 Å². The third kappa shape index (κ3) is 3.80. The first kappa shape index (κ1) is 20.8. The highest BCUT2D eigenvalue weighted by Gasteiger charge is 2.29. The summed E-state index contributed by atoms with van der Waals surface area (Å²) in [5.74, 6) is -5.63. The zero-order valence-electron chi connectivity index (χ0n) is 16.0. The van der Waals surface area contributed by atoms with Crippen molar-refractivity contribution in [2.24, 2.45) is 5.92 Å². The predicted molar refractivity (Wildman–Crippen MR) is 108 cm³/mol. The van der Waals surface area contributed by atoms with Crippen LogP contribution in [0, 0.1) is 30.3 Å². The number of aryl methyl sites for hydroxylation is 1. The zero-order valence-corrected chi connectivity index (χ0v) is 17.6. The first-order valence-corrected chi connectivity index (χ1v) is 10.7. The van der Waals surface area contributed by atoms with E-state index in [2.05, 4.69) is 20.2 Å². The van der Waals surface area contributed by atoms with Crippen molar-refractivity contribution >= 4 is 28.6 Å². The Hall–Kier alpha value is -2.50. The molecule has 0 radical (unpaired) electrons. The van der Waals surface area contributed by atoms with Crippen LogP contribution in [0.5, 0.6) is 5.75 Å². The second-order valence-electron chi connectivity index (χ2n) is 7.08. The molecule has 1 saturated heterocycles. The van der Waals surface area contributed by atoms with Crippen molar-refractivity contribution in [2.45, 2.75) is 13.5 Å². The smallest absolute Gasteiger partial charge is 0.226 e. The van der Waals surface area contributed by atoms with Crippen molar-refractivity contribution in [3.63, 3.8) is 0 Å². The highest BCUT2D eigenvalue weighted by Crippen LogP contribution is 2.37. The molecule has 30 heavy (non-hydrogen) atoms. The van der Waals surface area contributed by atoms with Gasteiger partial charge in [-0.05, 0) is 20.0 Å². The molecular weight excluding hydrogens is 437 g/mol. The van der Waals surface area contributed by atoms with Crippen molar-refractivity contribution in [3.05, 3.63) is 39.6 Å². The fraction of sp³-hybridized carbons (Fsp3) is 0.316. The van der Waals surface area contributed by atoms with Crippen LogP contribution in [0.15, 0.2) is 11.4 Å². The van der Waals surface area contributed by atoms with E-state index in [0.29, 0.717) is 29.0 Å². The van der Waals surface area contributed by atoms with Gasteiger partial charge in [0.05, 0.1) is 34.3 Å². The number of amides is 1. The number of phenols is 1. The molecule has 6 nitrogen and oxygen atoms in total. The summed E-state index contributed by atoms with van der Waals surface area (Å²) in [7, 11) is 1.95. The molecule has 158 valence electrons. The van der Waals surface area contributed by atoms with E-state index in [9.17, 15) is 23.1 Å². The van der Waals surface area contributed by atoms with E-state index in [0.717, 1.165) is 29.3 Å². The fourth-order valence-corrected chi connectivity index (χ4v) is 5.04. The van der Waals surface area contributed by atoms with Crippen LogP contribution in [-0.2, 0) is 11.3 Å². The van der Waals surface area contributed by atoms with Crippen molar-refractivity contribution in [1.82, 2.24) is 20.2 Å². The Labute approximate surface area is 178 Å². The molecule has 1 aliphatic heterocycles. The first-order valence-electron chi connectivity index (χ1n) is 9.00. The number of aromatic nitrogens is 2. The van der Waals surface area contributed by atoms with Crippen LogP contribution < -0.4 is 5.32 Å². The number of hydrogen-bond acceptors (Lipinski definition) is 7. The lowest BCUT2D eigenvalue weighted by Gasteiger charge is -2.34. The summed E-state index contributed by atoms with van der Waals surface area (Å²) in [5.41, 5.74) is 0.823. The summed E-state index contributed by atoms with van der Waals surface area (Å²) >= 11 is 2.36. The molecule has 1 fully saturated rings. The molecule has 1 aromatic carbocycles. The van der Waals surface area contributed by atoms with Gasteiger partial charge < -0.3 is 15.3 Å². The molecule has 2 N–H and O–H groups in total. The number of rotatable bonds is 5. The monoisotopic (exact) mass is 454 g/mol. The molecule has 0 aliphatic carbocycles. The maximum absolute atomic E-state index is 14.1. The number of thiazole rings is 2. The van der Waals surface area contributed by atoms with Crippen molar-refractivity contribution in [2.75, 3.05) is 20.1 Å². The van der Waals surface area contributed by atoms with Gasteiger partial charge in [-0.15, -0.1) is 22.7 Å². The molecule has 0 saturated carbocycles. The predicted octanol–water partition coefficient (Wildman–Crippen LogP) is 3.54. The van der Waals surface area contributed by atoms with E-state index >= 15 is 0 Å². The largest absolute Gasteiger partial charge is 0.503 e. The van der Waals surface area contributed by atoms with Crippen LogP contribution in [0.25, 0.3) is 21.1 Å². The minimum absolute atomic E-state index is 0.00220. The highest BCUT2D eigenvalue weighted by atomic mass is 32.1. The second-order valence-corrected chi connectivity index (χ2v) is 9.02. The molecule has 4 rings (SSSR count). The molecule has 1 amide bonds. The van der Waals surface area contributed by atoms with Gasteiger partial charge in [0.1, 0.15) is 10.0 Å². The van der Waals surface area contributed by atoms with E-state index < -0.39 is 23.2 Å². The number of benzene rings is 1. The normalized spacial score (nSPS) is 14.7. The van der Waals surface area contributed by atoms with Crippen LogP contribution in [0.1, 0.15) is 10.7 Å². The number of aromatic hydroxyl groups is 1. The van der Waals surface area contributed by atoms with E-state index in [1.807, 2.05) is 7.05 Å². The van der Waals surface area contributed by atoms with Gasteiger partial charge in [0.2, 0.25) is 11.7 Å². The number of hydrogen-bond donors (Lipinski definition) is 2. The molecule has 11 heteroatoms. The Bertz CT molecular complexity index is 1130.